The van der Waals surface area contributed by atoms with E-state index >= 15 is 0 Å². The van der Waals surface area contributed by atoms with Crippen molar-refractivity contribution in [2.45, 2.75) is 24.9 Å². The average molecular weight is 502 g/mol. The van der Waals surface area contributed by atoms with E-state index in [2.05, 4.69) is 20.9 Å². The molecular weight excluding hydrogens is 481 g/mol. The number of ether oxygens (including phenoxy) is 1. The van der Waals surface area contributed by atoms with E-state index in [1.165, 1.54) is 18.1 Å². The van der Waals surface area contributed by atoms with Crippen LogP contribution in [0.2, 0.25) is 0 Å². The van der Waals surface area contributed by atoms with Crippen LogP contribution in [0.4, 0.5) is 9.18 Å². The first-order chi connectivity index (χ1) is 15.3. The summed E-state index contributed by atoms with van der Waals surface area (Å²) in [5, 5.41) is 11.3. The Morgan fingerprint density at radius 3 is 2.78 bits per heavy atom. The number of fused-ring (bicyclic) bond motifs is 4. The monoisotopic (exact) mass is 501 g/mol. The molecule has 3 aromatic rings. The first-order valence-electron chi connectivity index (χ1n) is 10.2. The van der Waals surface area contributed by atoms with Gasteiger partial charge >= 0.3 is 6.03 Å². The van der Waals surface area contributed by atoms with Crippen LogP contribution in [-0.4, -0.2) is 56.4 Å². The van der Waals surface area contributed by atoms with Crippen LogP contribution in [-0.2, 0) is 11.2 Å². The van der Waals surface area contributed by atoms with E-state index in [1.54, 1.807) is 42.2 Å². The number of halogens is 2. The molecule has 2 atom stereocenters. The topological polar surface area (TPSA) is 85.9 Å². The predicted octanol–water partition coefficient (Wildman–Crippen LogP) is 4.08. The van der Waals surface area contributed by atoms with Crippen molar-refractivity contribution < 1.29 is 23.8 Å². The van der Waals surface area contributed by atoms with Crippen molar-refractivity contribution in [1.82, 2.24) is 14.8 Å². The van der Waals surface area contributed by atoms with Crippen LogP contribution < -0.4 is 4.74 Å². The fourth-order valence-electron chi connectivity index (χ4n) is 5.00. The number of hydrogen-bond acceptors (Lipinski definition) is 4. The number of methoxy groups -OCH3 is 1. The van der Waals surface area contributed by atoms with Crippen LogP contribution in [0.15, 0.2) is 36.4 Å². The minimum atomic E-state index is -1.13. The minimum Gasteiger partial charge on any atom is -0.508 e. The van der Waals surface area contributed by atoms with Crippen molar-refractivity contribution in [3.63, 3.8) is 0 Å². The number of alkyl halides is 1. The molecule has 0 saturated carbocycles. The maximum atomic E-state index is 14.4. The fraction of sp³-hybridized carbons (Fsp3) is 0.304. The SMILES string of the molecule is COc1cc2c3c([nH]c2cc1F)C(c1cccc(O)c1)N1C(=O)N(CCBr)C(=O)C1(C)C3. The lowest BCUT2D eigenvalue weighted by molar-refractivity contribution is -0.133. The molecule has 3 heterocycles. The summed E-state index contributed by atoms with van der Waals surface area (Å²) in [6, 6.07) is 8.56. The number of aromatic amines is 1. The zero-order valence-corrected chi connectivity index (χ0v) is 19.1. The standard InChI is InChI=1S/C23H21BrFN3O4/c1-23-11-15-14-9-18(32-2)16(25)10-17(14)26-19(15)20(12-4-3-5-13(29)8-12)28(23)22(31)27(7-6-24)21(23)30/h3-5,8-10,20,26,29H,6-7,11H2,1-2H3. The molecular formula is C23H21BrFN3O4. The number of H-pyrrole nitrogens is 1. The fourth-order valence-corrected chi connectivity index (χ4v) is 5.35. The molecule has 2 N–H and O–H groups in total. The largest absolute Gasteiger partial charge is 0.508 e. The highest BCUT2D eigenvalue weighted by molar-refractivity contribution is 9.09. The normalized spacial score (nSPS) is 22.4. The third-order valence-corrected chi connectivity index (χ3v) is 6.79. The summed E-state index contributed by atoms with van der Waals surface area (Å²) < 4.78 is 19.6. The second-order valence-electron chi connectivity index (χ2n) is 8.30. The van der Waals surface area contributed by atoms with E-state index in [0.717, 1.165) is 10.9 Å². The predicted molar refractivity (Wildman–Crippen MR) is 120 cm³/mol. The lowest BCUT2D eigenvalue weighted by Gasteiger charge is -2.42. The number of imide groups is 1. The Balaban J connectivity index is 1.79. The zero-order chi connectivity index (χ0) is 22.8. The Morgan fingerprint density at radius 2 is 2.09 bits per heavy atom. The van der Waals surface area contributed by atoms with Gasteiger partial charge in [-0.2, -0.15) is 0 Å². The number of amides is 3. The summed E-state index contributed by atoms with van der Waals surface area (Å²) in [6.45, 7) is 2.02. The lowest BCUT2D eigenvalue weighted by atomic mass is 9.81. The van der Waals surface area contributed by atoms with Gasteiger partial charge in [-0.05, 0) is 36.2 Å². The van der Waals surface area contributed by atoms with Gasteiger partial charge in [-0.25, -0.2) is 9.18 Å². The molecule has 3 amide bonds. The van der Waals surface area contributed by atoms with Crippen LogP contribution in [0.5, 0.6) is 11.5 Å². The van der Waals surface area contributed by atoms with E-state index in [9.17, 15) is 19.1 Å². The number of nitrogens with zero attached hydrogens (tertiary/aromatic N) is 2. The van der Waals surface area contributed by atoms with Crippen molar-refractivity contribution in [3.8, 4) is 11.5 Å². The molecule has 5 rings (SSSR count). The molecule has 2 aliphatic rings. The van der Waals surface area contributed by atoms with E-state index in [4.69, 9.17) is 4.74 Å². The zero-order valence-electron chi connectivity index (χ0n) is 17.5. The molecule has 7 nitrogen and oxygen atoms in total. The highest BCUT2D eigenvalue weighted by Gasteiger charge is 2.60. The number of carbonyl (C=O) groups excluding carboxylic acids is 2. The van der Waals surface area contributed by atoms with Crippen LogP contribution in [0.1, 0.15) is 29.8 Å². The van der Waals surface area contributed by atoms with Gasteiger partial charge in [0.25, 0.3) is 5.91 Å². The molecule has 9 heteroatoms. The van der Waals surface area contributed by atoms with Gasteiger partial charge in [-0.1, -0.05) is 28.1 Å². The quantitative estimate of drug-likeness (QED) is 0.416. The second kappa shape index (κ2) is 7.23. The van der Waals surface area contributed by atoms with Gasteiger partial charge in [-0.3, -0.25) is 14.6 Å². The van der Waals surface area contributed by atoms with E-state index in [0.29, 0.717) is 22.1 Å². The summed E-state index contributed by atoms with van der Waals surface area (Å²) in [5.74, 6) is -0.623. The Bertz CT molecular complexity index is 1280. The number of phenolic OH excluding ortho intramolecular Hbond substituents is 1. The Kier molecular flexibility index (Phi) is 4.70. The first-order valence-corrected chi connectivity index (χ1v) is 11.3. The third kappa shape index (κ3) is 2.76. The molecule has 1 saturated heterocycles. The molecule has 1 aromatic heterocycles. The molecule has 0 spiro atoms. The van der Waals surface area contributed by atoms with Gasteiger partial charge in [0.1, 0.15) is 17.3 Å². The summed E-state index contributed by atoms with van der Waals surface area (Å²) in [5.41, 5.74) is 1.60. The molecule has 2 aromatic carbocycles. The number of nitrogens with one attached hydrogen (secondary N) is 1. The van der Waals surface area contributed by atoms with Crippen molar-refractivity contribution in [1.29, 1.82) is 0 Å². The number of aromatic hydroxyl groups is 1. The Hall–Kier alpha value is -3.07. The van der Waals surface area contributed by atoms with Gasteiger partial charge in [0.05, 0.1) is 7.11 Å². The van der Waals surface area contributed by atoms with Crippen LogP contribution in [0.25, 0.3) is 10.9 Å². The molecule has 0 bridgehead atoms. The molecule has 2 unspecified atom stereocenters. The molecule has 32 heavy (non-hydrogen) atoms. The highest BCUT2D eigenvalue weighted by Crippen LogP contribution is 2.49. The van der Waals surface area contributed by atoms with Crippen LogP contribution in [0.3, 0.4) is 0 Å². The van der Waals surface area contributed by atoms with Crippen molar-refractivity contribution in [2.24, 2.45) is 0 Å². The van der Waals surface area contributed by atoms with Gasteiger partial charge in [0.15, 0.2) is 11.6 Å². The van der Waals surface area contributed by atoms with Crippen molar-refractivity contribution in [2.75, 3.05) is 19.0 Å². The lowest BCUT2D eigenvalue weighted by Crippen LogP contribution is -2.53. The summed E-state index contributed by atoms with van der Waals surface area (Å²) in [7, 11) is 1.40. The van der Waals surface area contributed by atoms with Gasteiger partial charge < -0.3 is 14.8 Å². The third-order valence-electron chi connectivity index (χ3n) is 6.43. The number of hydrogen-bond donors (Lipinski definition) is 2. The number of urea groups is 1. The summed E-state index contributed by atoms with van der Waals surface area (Å²) >= 11 is 3.32. The maximum Gasteiger partial charge on any atom is 0.328 e. The number of phenols is 1. The average Bonchev–Trinajstić information content (AvgIpc) is 3.19. The molecule has 0 radical (unpaired) electrons. The first kappa shape index (κ1) is 20.8. The number of carbonyl (C=O) groups is 2. The Morgan fingerprint density at radius 1 is 1.31 bits per heavy atom. The van der Waals surface area contributed by atoms with Crippen molar-refractivity contribution in [3.05, 3.63) is 59.0 Å². The molecule has 0 aliphatic carbocycles. The van der Waals surface area contributed by atoms with Crippen LogP contribution >= 0.6 is 15.9 Å². The second-order valence-corrected chi connectivity index (χ2v) is 9.09. The van der Waals surface area contributed by atoms with Gasteiger partial charge in [-0.15, -0.1) is 0 Å². The van der Waals surface area contributed by atoms with E-state index in [1.807, 2.05) is 0 Å². The summed E-state index contributed by atoms with van der Waals surface area (Å²) in [4.78, 5) is 33.0. The molecule has 2 aliphatic heterocycles. The molecule has 166 valence electrons. The van der Waals surface area contributed by atoms with Gasteiger partial charge in [0.2, 0.25) is 0 Å². The van der Waals surface area contributed by atoms with Crippen LogP contribution in [0, 0.1) is 5.82 Å². The molecule has 1 fully saturated rings. The van der Waals surface area contributed by atoms with Crippen molar-refractivity contribution >= 4 is 38.8 Å². The smallest absolute Gasteiger partial charge is 0.328 e. The highest BCUT2D eigenvalue weighted by atomic mass is 79.9. The van der Waals surface area contributed by atoms with Gasteiger partial charge in [0, 0.05) is 41.0 Å². The van der Waals surface area contributed by atoms with E-state index in [-0.39, 0.29) is 30.4 Å². The Labute approximate surface area is 191 Å². The number of benzene rings is 2. The minimum absolute atomic E-state index is 0.0513. The number of rotatable bonds is 4. The maximum absolute atomic E-state index is 14.4. The number of aromatic nitrogens is 1. The van der Waals surface area contributed by atoms with E-state index < -0.39 is 23.4 Å². The summed E-state index contributed by atoms with van der Waals surface area (Å²) in [6.07, 6.45) is 0.274.